The van der Waals surface area contributed by atoms with Gasteiger partial charge in [0, 0.05) is 0 Å². The molecule has 132 valence electrons. The van der Waals surface area contributed by atoms with E-state index in [2.05, 4.69) is 6.58 Å². The Morgan fingerprint density at radius 3 is 1.27 bits per heavy atom. The molecule has 0 aromatic heterocycles. The standard InChI is InChI=1S/C15H30O7/c1-15(2)22-14-13-21-12-11-20-10-9-19-8-7-18-6-5-17-4-3-16/h16H,1,3-14H2,2H3. The van der Waals surface area contributed by atoms with Crippen molar-refractivity contribution >= 4 is 0 Å². The molecule has 0 atom stereocenters. The lowest BCUT2D eigenvalue weighted by Crippen LogP contribution is -2.14. The molecule has 0 aliphatic carbocycles. The molecule has 0 aromatic carbocycles. The fraction of sp³-hybridized carbons (Fsp3) is 0.867. The van der Waals surface area contributed by atoms with Gasteiger partial charge in [-0.15, -0.1) is 0 Å². The van der Waals surface area contributed by atoms with E-state index in [4.69, 9.17) is 33.5 Å². The van der Waals surface area contributed by atoms with Crippen LogP contribution in [0.25, 0.3) is 0 Å². The molecular weight excluding hydrogens is 292 g/mol. The van der Waals surface area contributed by atoms with E-state index in [1.165, 1.54) is 0 Å². The maximum absolute atomic E-state index is 8.49. The number of rotatable bonds is 18. The molecule has 1 N–H and O–H groups in total. The number of allylic oxidation sites excluding steroid dienone is 1. The molecule has 7 nitrogen and oxygen atoms in total. The molecule has 0 radical (unpaired) electrons. The summed E-state index contributed by atoms with van der Waals surface area (Å²) in [5, 5.41) is 8.49. The van der Waals surface area contributed by atoms with Gasteiger partial charge in [-0.05, 0) is 6.92 Å². The first-order chi connectivity index (χ1) is 10.8. The first-order valence-electron chi connectivity index (χ1n) is 7.55. The molecule has 7 heteroatoms. The lowest BCUT2D eigenvalue weighted by atomic mass is 10.6. The average molecular weight is 322 g/mol. The first-order valence-corrected chi connectivity index (χ1v) is 7.55. The fourth-order valence-corrected chi connectivity index (χ4v) is 1.32. The Kier molecular flexibility index (Phi) is 17.8. The molecule has 22 heavy (non-hydrogen) atoms. The van der Waals surface area contributed by atoms with Crippen LogP contribution in [-0.4, -0.2) is 84.4 Å². The van der Waals surface area contributed by atoms with Gasteiger partial charge in [-0.1, -0.05) is 6.58 Å². The Labute approximate surface area is 133 Å². The summed E-state index contributed by atoms with van der Waals surface area (Å²) in [5.74, 6) is 0.693. The minimum Gasteiger partial charge on any atom is -0.496 e. The van der Waals surface area contributed by atoms with Crippen molar-refractivity contribution in [3.8, 4) is 0 Å². The molecule has 0 unspecified atom stereocenters. The predicted molar refractivity (Wildman–Crippen MR) is 81.9 cm³/mol. The minimum atomic E-state index is 0.0381. The van der Waals surface area contributed by atoms with Gasteiger partial charge in [-0.2, -0.15) is 0 Å². The van der Waals surface area contributed by atoms with E-state index >= 15 is 0 Å². The van der Waals surface area contributed by atoms with Crippen molar-refractivity contribution in [2.45, 2.75) is 6.92 Å². The molecule has 0 fully saturated rings. The van der Waals surface area contributed by atoms with Gasteiger partial charge in [0.1, 0.15) is 6.61 Å². The molecule has 0 bridgehead atoms. The van der Waals surface area contributed by atoms with Gasteiger partial charge in [0.05, 0.1) is 78.4 Å². The van der Waals surface area contributed by atoms with Crippen molar-refractivity contribution in [2.24, 2.45) is 0 Å². The van der Waals surface area contributed by atoms with Crippen molar-refractivity contribution in [2.75, 3.05) is 79.3 Å². The lowest BCUT2D eigenvalue weighted by molar-refractivity contribution is -0.0159. The molecule has 0 aliphatic heterocycles. The number of aliphatic hydroxyl groups is 1. The Bertz CT molecular complexity index is 236. The second-order valence-electron chi connectivity index (χ2n) is 4.34. The summed E-state index contributed by atoms with van der Waals surface area (Å²) in [6.45, 7) is 11.0. The Hall–Kier alpha value is -0.700. The normalized spacial score (nSPS) is 10.8. The van der Waals surface area contributed by atoms with Crippen molar-refractivity contribution in [1.29, 1.82) is 0 Å². The van der Waals surface area contributed by atoms with Crippen molar-refractivity contribution in [1.82, 2.24) is 0 Å². The molecule has 0 saturated heterocycles. The van der Waals surface area contributed by atoms with Crippen molar-refractivity contribution in [3.05, 3.63) is 12.3 Å². The fourth-order valence-electron chi connectivity index (χ4n) is 1.32. The van der Waals surface area contributed by atoms with Crippen LogP contribution >= 0.6 is 0 Å². The highest BCUT2D eigenvalue weighted by Crippen LogP contribution is 1.89. The molecule has 0 aliphatic rings. The maximum atomic E-state index is 8.49. The van der Waals surface area contributed by atoms with E-state index in [9.17, 15) is 0 Å². The SMILES string of the molecule is C=C(C)OCCOCCOCCOCCOCCOCCO. The van der Waals surface area contributed by atoms with E-state index in [0.29, 0.717) is 78.4 Å². The van der Waals surface area contributed by atoms with Crippen LogP contribution in [0.5, 0.6) is 0 Å². The predicted octanol–water partition coefficient (Wildman–Crippen LogP) is 0.612. The highest BCUT2D eigenvalue weighted by atomic mass is 16.6. The second-order valence-corrected chi connectivity index (χ2v) is 4.34. The smallest absolute Gasteiger partial charge is 0.111 e. The van der Waals surface area contributed by atoms with E-state index in [0.717, 1.165) is 0 Å². The van der Waals surface area contributed by atoms with Gasteiger partial charge in [0.15, 0.2) is 0 Å². The van der Waals surface area contributed by atoms with Gasteiger partial charge < -0.3 is 33.5 Å². The average Bonchev–Trinajstić information content (AvgIpc) is 2.50. The van der Waals surface area contributed by atoms with Crippen LogP contribution in [0.3, 0.4) is 0 Å². The number of ether oxygens (including phenoxy) is 6. The second kappa shape index (κ2) is 18.3. The molecule has 0 aromatic rings. The van der Waals surface area contributed by atoms with Crippen LogP contribution in [0.2, 0.25) is 0 Å². The maximum Gasteiger partial charge on any atom is 0.111 e. The van der Waals surface area contributed by atoms with Crippen LogP contribution in [0.4, 0.5) is 0 Å². The van der Waals surface area contributed by atoms with E-state index < -0.39 is 0 Å². The summed E-state index contributed by atoms with van der Waals surface area (Å²) in [4.78, 5) is 0. The summed E-state index contributed by atoms with van der Waals surface area (Å²) in [6, 6.07) is 0. The van der Waals surface area contributed by atoms with Crippen LogP contribution in [0, 0.1) is 0 Å². The molecule has 0 heterocycles. The minimum absolute atomic E-state index is 0.0381. The van der Waals surface area contributed by atoms with Gasteiger partial charge in [0.2, 0.25) is 0 Å². The monoisotopic (exact) mass is 322 g/mol. The molecule has 0 spiro atoms. The van der Waals surface area contributed by atoms with E-state index in [1.54, 1.807) is 6.92 Å². The van der Waals surface area contributed by atoms with Crippen LogP contribution in [0.15, 0.2) is 12.3 Å². The zero-order valence-corrected chi connectivity index (χ0v) is 13.6. The Morgan fingerprint density at radius 1 is 0.636 bits per heavy atom. The highest BCUT2D eigenvalue weighted by molar-refractivity contribution is 4.72. The van der Waals surface area contributed by atoms with Crippen LogP contribution in [0.1, 0.15) is 6.92 Å². The van der Waals surface area contributed by atoms with Crippen molar-refractivity contribution < 1.29 is 33.5 Å². The van der Waals surface area contributed by atoms with Gasteiger partial charge in [-0.3, -0.25) is 0 Å². The lowest BCUT2D eigenvalue weighted by Gasteiger charge is -2.08. The molecular formula is C15H30O7. The van der Waals surface area contributed by atoms with Crippen LogP contribution in [-0.2, 0) is 28.4 Å². The van der Waals surface area contributed by atoms with Gasteiger partial charge in [0.25, 0.3) is 0 Å². The first kappa shape index (κ1) is 21.3. The Morgan fingerprint density at radius 2 is 0.955 bits per heavy atom. The number of hydrogen-bond acceptors (Lipinski definition) is 7. The molecule has 0 rings (SSSR count). The van der Waals surface area contributed by atoms with Gasteiger partial charge >= 0.3 is 0 Å². The molecule has 0 amide bonds. The Balaban J connectivity index is 2.95. The summed E-state index contributed by atoms with van der Waals surface area (Å²) >= 11 is 0. The third kappa shape index (κ3) is 19.3. The third-order valence-electron chi connectivity index (χ3n) is 2.30. The highest BCUT2D eigenvalue weighted by Gasteiger charge is 1.93. The van der Waals surface area contributed by atoms with Crippen LogP contribution < -0.4 is 0 Å². The van der Waals surface area contributed by atoms with Gasteiger partial charge in [-0.25, -0.2) is 0 Å². The number of aliphatic hydroxyl groups excluding tert-OH is 1. The van der Waals surface area contributed by atoms with E-state index in [1.807, 2.05) is 0 Å². The van der Waals surface area contributed by atoms with E-state index in [-0.39, 0.29) is 6.61 Å². The summed E-state index contributed by atoms with van der Waals surface area (Å²) in [7, 11) is 0. The third-order valence-corrected chi connectivity index (χ3v) is 2.30. The quantitative estimate of drug-likeness (QED) is 0.293. The summed E-state index contributed by atoms with van der Waals surface area (Å²) < 4.78 is 31.4. The summed E-state index contributed by atoms with van der Waals surface area (Å²) in [5.41, 5.74) is 0. The topological polar surface area (TPSA) is 75.6 Å². The zero-order chi connectivity index (χ0) is 16.3. The largest absolute Gasteiger partial charge is 0.496 e. The molecule has 0 saturated carbocycles. The summed E-state index contributed by atoms with van der Waals surface area (Å²) in [6.07, 6.45) is 0. The number of hydrogen-bond donors (Lipinski definition) is 1. The van der Waals surface area contributed by atoms with Crippen molar-refractivity contribution in [3.63, 3.8) is 0 Å². The zero-order valence-electron chi connectivity index (χ0n) is 13.6.